The van der Waals surface area contributed by atoms with E-state index in [9.17, 15) is 14.4 Å². The largest absolute Gasteiger partial charge is 0.497 e. The molecular weight excluding hydrogens is 352 g/mol. The molecule has 148 valence electrons. The second kappa shape index (κ2) is 9.80. The van der Waals surface area contributed by atoms with Gasteiger partial charge in [0.05, 0.1) is 20.6 Å². The molecule has 2 rings (SSSR count). The van der Waals surface area contributed by atoms with E-state index in [2.05, 4.69) is 10.6 Å². The van der Waals surface area contributed by atoms with E-state index >= 15 is 0 Å². The summed E-state index contributed by atoms with van der Waals surface area (Å²) in [6.45, 7) is 1.42. The number of hydrogen-bond acceptors (Lipinski definition) is 6. The van der Waals surface area contributed by atoms with E-state index in [0.717, 1.165) is 25.7 Å². The highest BCUT2D eigenvalue weighted by Gasteiger charge is 2.23. The summed E-state index contributed by atoms with van der Waals surface area (Å²) >= 11 is 0. The molecule has 27 heavy (non-hydrogen) atoms. The summed E-state index contributed by atoms with van der Waals surface area (Å²) in [5.41, 5.74) is 0.606. The Balaban J connectivity index is 1.83. The lowest BCUT2D eigenvalue weighted by molar-refractivity contribution is -0.153. The summed E-state index contributed by atoms with van der Waals surface area (Å²) in [5.74, 6) is -0.179. The fourth-order valence-corrected chi connectivity index (χ4v) is 2.95. The first-order chi connectivity index (χ1) is 12.9. The van der Waals surface area contributed by atoms with E-state index in [-0.39, 0.29) is 12.5 Å². The number of methoxy groups -OCH3 is 2. The Bertz CT molecular complexity index is 685. The normalized spacial score (nSPS) is 14.9. The van der Waals surface area contributed by atoms with Crippen LogP contribution in [-0.2, 0) is 20.7 Å². The molecule has 1 aliphatic rings. The monoisotopic (exact) mass is 378 g/mol. The first-order valence-corrected chi connectivity index (χ1v) is 8.94. The van der Waals surface area contributed by atoms with Crippen LogP contribution in [0, 0.1) is 0 Å². The second-order valence-electron chi connectivity index (χ2n) is 6.43. The van der Waals surface area contributed by atoms with Gasteiger partial charge in [0.1, 0.15) is 11.5 Å². The molecule has 8 heteroatoms. The number of amides is 3. The molecule has 1 aromatic rings. The Kier molecular flexibility index (Phi) is 7.45. The Morgan fingerprint density at radius 1 is 1.15 bits per heavy atom. The first kappa shape index (κ1) is 20.5. The fourth-order valence-electron chi connectivity index (χ4n) is 2.95. The number of nitrogens with one attached hydrogen (secondary N) is 2. The third-order valence-electron chi connectivity index (χ3n) is 4.43. The first-order valence-electron chi connectivity index (χ1n) is 8.94. The summed E-state index contributed by atoms with van der Waals surface area (Å²) < 4.78 is 15.5. The highest BCUT2D eigenvalue weighted by atomic mass is 16.5. The van der Waals surface area contributed by atoms with Gasteiger partial charge in [-0.05, 0) is 25.8 Å². The molecule has 0 aliphatic heterocycles. The smallest absolute Gasteiger partial charge is 0.321 e. The van der Waals surface area contributed by atoms with Gasteiger partial charge in [0.15, 0.2) is 6.10 Å². The van der Waals surface area contributed by atoms with Crippen molar-refractivity contribution in [2.45, 2.75) is 51.2 Å². The topological polar surface area (TPSA) is 103 Å². The number of imide groups is 1. The van der Waals surface area contributed by atoms with Crippen LogP contribution in [0.1, 0.15) is 38.2 Å². The molecule has 3 amide bonds. The lowest BCUT2D eigenvalue weighted by Gasteiger charge is -2.16. The average molecular weight is 378 g/mol. The number of ether oxygens (including phenoxy) is 3. The summed E-state index contributed by atoms with van der Waals surface area (Å²) in [5, 5.41) is 4.95. The number of hydrogen-bond donors (Lipinski definition) is 2. The highest BCUT2D eigenvalue weighted by molar-refractivity contribution is 5.97. The zero-order valence-electron chi connectivity index (χ0n) is 15.9. The number of carbonyl (C=O) groups is 3. The maximum atomic E-state index is 12.1. The van der Waals surface area contributed by atoms with Crippen LogP contribution in [0.2, 0.25) is 0 Å². The molecule has 0 spiro atoms. The molecule has 8 nitrogen and oxygen atoms in total. The Morgan fingerprint density at radius 2 is 1.85 bits per heavy atom. The predicted octanol–water partition coefficient (Wildman–Crippen LogP) is 1.95. The van der Waals surface area contributed by atoms with Gasteiger partial charge in [0.2, 0.25) is 0 Å². The molecule has 0 aromatic heterocycles. The molecule has 1 atom stereocenters. The van der Waals surface area contributed by atoms with E-state index in [1.54, 1.807) is 18.2 Å². The highest BCUT2D eigenvalue weighted by Crippen LogP contribution is 2.25. The SMILES string of the molecule is COc1ccc(CC(=O)O[C@H](C)C(=O)NC(=O)NC2CCCC2)c(OC)c1. The zero-order chi connectivity index (χ0) is 19.8. The van der Waals surface area contributed by atoms with E-state index < -0.39 is 24.0 Å². The van der Waals surface area contributed by atoms with E-state index in [4.69, 9.17) is 14.2 Å². The maximum absolute atomic E-state index is 12.1. The van der Waals surface area contributed by atoms with Crippen LogP contribution >= 0.6 is 0 Å². The van der Waals surface area contributed by atoms with Crippen LogP contribution in [0.3, 0.4) is 0 Å². The van der Waals surface area contributed by atoms with Crippen molar-refractivity contribution in [2.24, 2.45) is 0 Å². The van der Waals surface area contributed by atoms with Crippen molar-refractivity contribution >= 4 is 17.9 Å². The lowest BCUT2D eigenvalue weighted by atomic mass is 10.1. The van der Waals surface area contributed by atoms with Crippen LogP contribution in [0.4, 0.5) is 4.79 Å². The lowest BCUT2D eigenvalue weighted by Crippen LogP contribution is -2.47. The van der Waals surface area contributed by atoms with Gasteiger partial charge in [0, 0.05) is 17.7 Å². The summed E-state index contributed by atoms with van der Waals surface area (Å²) in [6, 6.07) is 4.59. The van der Waals surface area contributed by atoms with Crippen molar-refractivity contribution in [3.63, 3.8) is 0 Å². The average Bonchev–Trinajstić information content (AvgIpc) is 3.14. The minimum Gasteiger partial charge on any atom is -0.497 e. The molecule has 1 aliphatic carbocycles. The van der Waals surface area contributed by atoms with E-state index in [1.165, 1.54) is 21.1 Å². The van der Waals surface area contributed by atoms with Gasteiger partial charge in [-0.25, -0.2) is 4.79 Å². The van der Waals surface area contributed by atoms with Gasteiger partial charge in [-0.15, -0.1) is 0 Å². The van der Waals surface area contributed by atoms with Crippen molar-refractivity contribution < 1.29 is 28.6 Å². The standard InChI is InChI=1S/C19H26N2O6/c1-12(18(23)21-19(24)20-14-6-4-5-7-14)27-17(22)10-13-8-9-15(25-2)11-16(13)26-3/h8-9,11-12,14H,4-7,10H2,1-3H3,(H2,20,21,23,24)/t12-/m1/s1. The molecule has 1 aromatic carbocycles. The third-order valence-corrected chi connectivity index (χ3v) is 4.43. The van der Waals surface area contributed by atoms with Gasteiger partial charge >= 0.3 is 12.0 Å². The van der Waals surface area contributed by atoms with Crippen molar-refractivity contribution in [1.82, 2.24) is 10.6 Å². The third kappa shape index (κ3) is 6.16. The van der Waals surface area contributed by atoms with Crippen LogP contribution < -0.4 is 20.1 Å². The van der Waals surface area contributed by atoms with Crippen LogP contribution in [-0.4, -0.2) is 44.3 Å². The summed E-state index contributed by atoms with van der Waals surface area (Å²) in [6.07, 6.45) is 2.81. The number of esters is 1. The number of urea groups is 1. The molecule has 0 saturated heterocycles. The van der Waals surface area contributed by atoms with Crippen molar-refractivity contribution in [2.75, 3.05) is 14.2 Å². The molecule has 0 unspecified atom stereocenters. The minimum absolute atomic E-state index is 0.0704. The van der Waals surface area contributed by atoms with Gasteiger partial charge in [-0.3, -0.25) is 14.9 Å². The van der Waals surface area contributed by atoms with E-state index in [1.807, 2.05) is 0 Å². The van der Waals surface area contributed by atoms with Gasteiger partial charge in [-0.1, -0.05) is 18.9 Å². The Hall–Kier alpha value is -2.77. The number of rotatable bonds is 7. The molecule has 0 radical (unpaired) electrons. The van der Waals surface area contributed by atoms with Crippen LogP contribution in [0.25, 0.3) is 0 Å². The molecular formula is C19H26N2O6. The zero-order valence-corrected chi connectivity index (χ0v) is 15.9. The Labute approximate surface area is 158 Å². The molecule has 2 N–H and O–H groups in total. The van der Waals surface area contributed by atoms with Crippen LogP contribution in [0.5, 0.6) is 11.5 Å². The van der Waals surface area contributed by atoms with Gasteiger partial charge < -0.3 is 19.5 Å². The molecule has 1 saturated carbocycles. The fraction of sp³-hybridized carbons (Fsp3) is 0.526. The maximum Gasteiger partial charge on any atom is 0.321 e. The molecule has 0 heterocycles. The van der Waals surface area contributed by atoms with Crippen molar-refractivity contribution in [3.8, 4) is 11.5 Å². The number of carbonyl (C=O) groups excluding carboxylic acids is 3. The summed E-state index contributed by atoms with van der Waals surface area (Å²) in [7, 11) is 3.02. The summed E-state index contributed by atoms with van der Waals surface area (Å²) in [4.78, 5) is 36.0. The van der Waals surface area contributed by atoms with E-state index in [0.29, 0.717) is 17.1 Å². The van der Waals surface area contributed by atoms with Crippen molar-refractivity contribution in [3.05, 3.63) is 23.8 Å². The molecule has 1 fully saturated rings. The van der Waals surface area contributed by atoms with Crippen molar-refractivity contribution in [1.29, 1.82) is 0 Å². The van der Waals surface area contributed by atoms with Crippen LogP contribution in [0.15, 0.2) is 18.2 Å². The van der Waals surface area contributed by atoms with Gasteiger partial charge in [-0.2, -0.15) is 0 Å². The quantitative estimate of drug-likeness (QED) is 0.703. The Morgan fingerprint density at radius 3 is 2.48 bits per heavy atom. The molecule has 0 bridgehead atoms. The minimum atomic E-state index is -1.09. The second-order valence-corrected chi connectivity index (χ2v) is 6.43. The number of benzene rings is 1. The predicted molar refractivity (Wildman–Crippen MR) is 97.7 cm³/mol. The van der Waals surface area contributed by atoms with Gasteiger partial charge in [0.25, 0.3) is 5.91 Å².